The number of rotatable bonds is 1. The molecule has 2 atom stereocenters. The molecule has 1 fully saturated rings. The van der Waals surface area contributed by atoms with Crippen LogP contribution in [0.25, 0.3) is 0 Å². The van der Waals surface area contributed by atoms with Gasteiger partial charge in [0.2, 0.25) is 0 Å². The van der Waals surface area contributed by atoms with E-state index in [1.54, 1.807) is 0 Å². The average Bonchev–Trinajstić information content (AvgIpc) is 2.42. The van der Waals surface area contributed by atoms with Gasteiger partial charge in [-0.3, -0.25) is 0 Å². The minimum absolute atomic E-state index is 0.265. The summed E-state index contributed by atoms with van der Waals surface area (Å²) in [6.07, 6.45) is 0. The molecular weight excluding hydrogens is 254 g/mol. The first-order valence-electron chi connectivity index (χ1n) is 5.20. The van der Waals surface area contributed by atoms with Gasteiger partial charge in [-0.15, -0.1) is 0 Å². The molecule has 0 radical (unpaired) electrons. The number of halogens is 1. The molecule has 82 valence electrons. The Kier molecular flexibility index (Phi) is 2.88. The van der Waals surface area contributed by atoms with Crippen LogP contribution in [0.2, 0.25) is 0 Å². The lowest BCUT2D eigenvalue weighted by molar-refractivity contribution is 0.0139. The number of nitrogens with zero attached hydrogens (tertiary/aromatic N) is 1. The monoisotopic (exact) mass is 269 g/mol. The first-order chi connectivity index (χ1) is 7.04. The van der Waals surface area contributed by atoms with Crippen LogP contribution < -0.4 is 0 Å². The average molecular weight is 270 g/mol. The van der Waals surface area contributed by atoms with E-state index in [2.05, 4.69) is 27.8 Å². The van der Waals surface area contributed by atoms with Crippen molar-refractivity contribution in [3.8, 4) is 0 Å². The normalized spacial score (nSPS) is 32.1. The lowest BCUT2D eigenvalue weighted by Gasteiger charge is -2.28. The second kappa shape index (κ2) is 3.89. The maximum Gasteiger partial charge on any atom is 0.107 e. The van der Waals surface area contributed by atoms with Gasteiger partial charge in [-0.2, -0.15) is 0 Å². The summed E-state index contributed by atoms with van der Waals surface area (Å²) >= 11 is 3.51. The van der Waals surface area contributed by atoms with Gasteiger partial charge < -0.3 is 10.0 Å². The maximum absolute atomic E-state index is 10.7. The molecule has 15 heavy (non-hydrogen) atoms. The second-order valence-electron chi connectivity index (χ2n) is 4.50. The number of likely N-dealkylation sites (N-methyl/N-ethyl adjacent to an activating group) is 1. The fourth-order valence-electron chi connectivity index (χ4n) is 2.41. The highest BCUT2D eigenvalue weighted by Crippen LogP contribution is 2.39. The molecule has 3 heteroatoms. The summed E-state index contributed by atoms with van der Waals surface area (Å²) in [5.74, 6) is 0.265. The van der Waals surface area contributed by atoms with E-state index in [1.165, 1.54) is 0 Å². The summed E-state index contributed by atoms with van der Waals surface area (Å²) in [5, 5.41) is 10.7. The molecule has 0 amide bonds. The van der Waals surface area contributed by atoms with Crippen molar-refractivity contribution in [3.63, 3.8) is 0 Å². The van der Waals surface area contributed by atoms with Gasteiger partial charge in [-0.1, -0.05) is 41.1 Å². The summed E-state index contributed by atoms with van der Waals surface area (Å²) in [6.45, 7) is 3.75. The van der Waals surface area contributed by atoms with E-state index in [0.29, 0.717) is 6.54 Å². The highest BCUT2D eigenvalue weighted by atomic mass is 79.9. The van der Waals surface area contributed by atoms with E-state index in [-0.39, 0.29) is 5.92 Å². The van der Waals surface area contributed by atoms with Crippen LogP contribution in [0.4, 0.5) is 0 Å². The van der Waals surface area contributed by atoms with Gasteiger partial charge in [-0.25, -0.2) is 0 Å². The van der Waals surface area contributed by atoms with Crippen LogP contribution in [-0.4, -0.2) is 30.1 Å². The molecule has 1 heterocycles. The van der Waals surface area contributed by atoms with E-state index in [4.69, 9.17) is 0 Å². The van der Waals surface area contributed by atoms with Crippen molar-refractivity contribution < 1.29 is 5.11 Å². The molecule has 0 saturated carbocycles. The summed E-state index contributed by atoms with van der Waals surface area (Å²) < 4.78 is 0.995. The van der Waals surface area contributed by atoms with Crippen molar-refractivity contribution in [1.82, 2.24) is 4.90 Å². The van der Waals surface area contributed by atoms with Gasteiger partial charge in [0.05, 0.1) is 0 Å². The molecule has 0 unspecified atom stereocenters. The van der Waals surface area contributed by atoms with Crippen molar-refractivity contribution in [2.24, 2.45) is 5.92 Å². The van der Waals surface area contributed by atoms with Crippen LogP contribution in [0.3, 0.4) is 0 Å². The molecule has 1 aromatic carbocycles. The highest BCUT2D eigenvalue weighted by molar-refractivity contribution is 9.10. The van der Waals surface area contributed by atoms with E-state index in [1.807, 2.05) is 31.3 Å². The van der Waals surface area contributed by atoms with Gasteiger partial charge in [-0.05, 0) is 18.7 Å². The second-order valence-corrected chi connectivity index (χ2v) is 5.36. The van der Waals surface area contributed by atoms with E-state index < -0.39 is 5.60 Å². The number of hydrogen-bond acceptors (Lipinski definition) is 2. The van der Waals surface area contributed by atoms with E-state index in [0.717, 1.165) is 16.6 Å². The summed E-state index contributed by atoms with van der Waals surface area (Å²) in [6, 6.07) is 7.93. The molecule has 1 aliphatic heterocycles. The smallest absolute Gasteiger partial charge is 0.107 e. The lowest BCUT2D eigenvalue weighted by atomic mass is 9.85. The van der Waals surface area contributed by atoms with Gasteiger partial charge in [0.25, 0.3) is 0 Å². The minimum atomic E-state index is -0.713. The Hall–Kier alpha value is -0.380. The van der Waals surface area contributed by atoms with Gasteiger partial charge >= 0.3 is 0 Å². The largest absolute Gasteiger partial charge is 0.383 e. The zero-order valence-electron chi connectivity index (χ0n) is 9.07. The minimum Gasteiger partial charge on any atom is -0.383 e. The molecule has 0 bridgehead atoms. The Bertz CT molecular complexity index is 368. The molecule has 1 saturated heterocycles. The third-order valence-corrected chi connectivity index (χ3v) is 3.94. The Morgan fingerprint density at radius 1 is 1.47 bits per heavy atom. The fourth-order valence-corrected chi connectivity index (χ4v) is 3.04. The highest BCUT2D eigenvalue weighted by Gasteiger charge is 2.43. The van der Waals surface area contributed by atoms with Crippen LogP contribution in [0.1, 0.15) is 12.5 Å². The van der Waals surface area contributed by atoms with E-state index >= 15 is 0 Å². The number of β-amino-alcohol motifs (C(OH)–C–C–N with tert-alkyl or cyclic N) is 1. The molecule has 2 nitrogen and oxygen atoms in total. The van der Waals surface area contributed by atoms with Crippen molar-refractivity contribution in [3.05, 3.63) is 34.3 Å². The maximum atomic E-state index is 10.7. The summed E-state index contributed by atoms with van der Waals surface area (Å²) in [7, 11) is 2.05. The SMILES string of the molecule is C[C@@H]1CN(C)C[C@]1(O)c1ccccc1Br. The molecular formula is C12H16BrNO. The van der Waals surface area contributed by atoms with Crippen molar-refractivity contribution >= 4 is 15.9 Å². The number of benzene rings is 1. The van der Waals surface area contributed by atoms with Gasteiger partial charge in [0.15, 0.2) is 0 Å². The van der Waals surface area contributed by atoms with E-state index in [9.17, 15) is 5.11 Å². The van der Waals surface area contributed by atoms with Crippen LogP contribution in [0, 0.1) is 5.92 Å². The Balaban J connectivity index is 2.42. The first kappa shape index (κ1) is 11.1. The molecule has 0 aliphatic carbocycles. The fraction of sp³-hybridized carbons (Fsp3) is 0.500. The molecule has 1 N–H and O–H groups in total. The quantitative estimate of drug-likeness (QED) is 0.845. The zero-order valence-corrected chi connectivity index (χ0v) is 10.7. The van der Waals surface area contributed by atoms with Crippen molar-refractivity contribution in [1.29, 1.82) is 0 Å². The predicted molar refractivity (Wildman–Crippen MR) is 64.7 cm³/mol. The number of aliphatic hydroxyl groups is 1. The number of likely N-dealkylation sites (tertiary alicyclic amines) is 1. The summed E-state index contributed by atoms with van der Waals surface area (Å²) in [4.78, 5) is 2.17. The van der Waals surface area contributed by atoms with Crippen molar-refractivity contribution in [2.75, 3.05) is 20.1 Å². The Labute approximate surface area is 99.0 Å². The molecule has 1 aliphatic rings. The Morgan fingerprint density at radius 2 is 2.13 bits per heavy atom. The number of hydrogen-bond donors (Lipinski definition) is 1. The van der Waals surface area contributed by atoms with Gasteiger partial charge in [0, 0.05) is 23.5 Å². The molecule has 0 spiro atoms. The topological polar surface area (TPSA) is 23.5 Å². The third-order valence-electron chi connectivity index (χ3n) is 3.25. The lowest BCUT2D eigenvalue weighted by Crippen LogP contribution is -2.34. The standard InChI is InChI=1S/C12H16BrNO/c1-9-7-14(2)8-12(9,15)10-5-3-4-6-11(10)13/h3-6,9,15H,7-8H2,1-2H3/t9-,12-/m1/s1. The zero-order chi connectivity index (χ0) is 11.1. The van der Waals surface area contributed by atoms with Crippen LogP contribution in [0.5, 0.6) is 0 Å². The molecule has 1 aromatic rings. The van der Waals surface area contributed by atoms with Gasteiger partial charge in [0.1, 0.15) is 5.60 Å². The summed E-state index contributed by atoms with van der Waals surface area (Å²) in [5.41, 5.74) is 0.288. The van der Waals surface area contributed by atoms with Crippen LogP contribution in [0.15, 0.2) is 28.7 Å². The van der Waals surface area contributed by atoms with Crippen LogP contribution >= 0.6 is 15.9 Å². The Morgan fingerprint density at radius 3 is 2.67 bits per heavy atom. The molecule has 2 rings (SSSR count). The first-order valence-corrected chi connectivity index (χ1v) is 5.99. The third kappa shape index (κ3) is 1.84. The van der Waals surface area contributed by atoms with Crippen LogP contribution in [-0.2, 0) is 5.60 Å². The van der Waals surface area contributed by atoms with Crippen molar-refractivity contribution in [2.45, 2.75) is 12.5 Å². The molecule has 0 aromatic heterocycles. The predicted octanol–water partition coefficient (Wildman–Crippen LogP) is 2.22.